The van der Waals surface area contributed by atoms with E-state index >= 15 is 0 Å². The third-order valence-corrected chi connectivity index (χ3v) is 9.97. The fourth-order valence-corrected chi connectivity index (χ4v) is 7.02. The van der Waals surface area contributed by atoms with Crippen molar-refractivity contribution in [3.05, 3.63) is 88.0 Å². The molecule has 0 saturated heterocycles. The number of rotatable bonds is 23. The number of aryl methyl sites for hydroxylation is 2. The summed E-state index contributed by atoms with van der Waals surface area (Å²) in [6, 6.07) is 17.5. The summed E-state index contributed by atoms with van der Waals surface area (Å²) in [6.07, 6.45) is 26.5. The van der Waals surface area contributed by atoms with Gasteiger partial charge in [0.2, 0.25) is 11.4 Å². The Morgan fingerprint density at radius 3 is 1.56 bits per heavy atom. The summed E-state index contributed by atoms with van der Waals surface area (Å²) in [5, 5.41) is 2.83. The van der Waals surface area contributed by atoms with E-state index in [2.05, 4.69) is 89.2 Å². The van der Waals surface area contributed by atoms with Gasteiger partial charge in [0.25, 0.3) is 0 Å². The molecule has 0 aromatic heterocycles. The Balaban J connectivity index is 0.000000459. The molecule has 2 aromatic carbocycles. The molecule has 2 aromatic rings. The number of benzene rings is 2. The van der Waals surface area contributed by atoms with Gasteiger partial charge in [-0.25, -0.2) is 4.70 Å². The van der Waals surface area contributed by atoms with E-state index in [-0.39, 0.29) is 0 Å². The summed E-state index contributed by atoms with van der Waals surface area (Å²) in [5.41, 5.74) is 19.4. The summed E-state index contributed by atoms with van der Waals surface area (Å²) < 4.78 is 1.45. The third kappa shape index (κ3) is 15.4. The van der Waals surface area contributed by atoms with Crippen LogP contribution in [0, 0.1) is 0 Å². The first-order valence-corrected chi connectivity index (χ1v) is 20.1. The van der Waals surface area contributed by atoms with Crippen LogP contribution in [-0.4, -0.2) is 4.70 Å². The molecule has 3 heteroatoms. The fraction of sp³-hybridized carbons (Fsp3) is 0.619. The molecule has 0 fully saturated rings. The Morgan fingerprint density at radius 1 is 0.533 bits per heavy atom. The minimum absolute atomic E-state index is 0.903. The quantitative estimate of drug-likeness (QED) is 0.0646. The largest absolute Gasteiger partial charge is 0.493 e. The molecule has 1 aliphatic rings. The molecule has 0 saturated carbocycles. The van der Waals surface area contributed by atoms with E-state index < -0.39 is 0 Å². The van der Waals surface area contributed by atoms with Gasteiger partial charge in [-0.05, 0) is 73.9 Å². The van der Waals surface area contributed by atoms with E-state index in [1.807, 2.05) is 14.4 Å². The van der Waals surface area contributed by atoms with Crippen LogP contribution in [0.5, 0.6) is 0 Å². The smallest absolute Gasteiger partial charge is 0.210 e. The predicted molar refractivity (Wildman–Crippen MR) is 195 cm³/mol. The minimum Gasteiger partial charge on any atom is -0.493 e. The molecule has 0 N–H and O–H groups in total. The molecule has 0 amide bonds. The van der Waals surface area contributed by atoms with E-state index in [1.165, 1.54) is 122 Å². The van der Waals surface area contributed by atoms with Crippen LogP contribution >= 0.6 is 0 Å². The Labute approximate surface area is 284 Å². The molecular formula is C42H66N2Ni. The van der Waals surface area contributed by atoms with Gasteiger partial charge in [-0.3, -0.25) is 0 Å². The molecule has 0 aliphatic carbocycles. The Morgan fingerprint density at radius 2 is 1.02 bits per heavy atom. The average Bonchev–Trinajstić information content (AvgIpc) is 3.39. The zero-order valence-corrected chi connectivity index (χ0v) is 30.7. The van der Waals surface area contributed by atoms with Gasteiger partial charge >= 0.3 is 90.4 Å². The van der Waals surface area contributed by atoms with Gasteiger partial charge in [0.15, 0.2) is 0 Å². The second-order valence-corrected chi connectivity index (χ2v) is 14.2. The monoisotopic (exact) mass is 656 g/mol. The normalized spacial score (nSPS) is 12.9. The second-order valence-electron chi connectivity index (χ2n) is 12.7. The molecule has 0 atom stereocenters. The van der Waals surface area contributed by atoms with Crippen LogP contribution < -0.4 is 0 Å². The van der Waals surface area contributed by atoms with Gasteiger partial charge < -0.3 is 5.53 Å². The molecule has 254 valence electrons. The molecule has 0 unspecified atom stereocenters. The van der Waals surface area contributed by atoms with Crippen molar-refractivity contribution in [3.63, 3.8) is 0 Å². The van der Waals surface area contributed by atoms with Crippen molar-refractivity contribution in [3.8, 4) is 0 Å². The standard InChI is InChI=1S/C30H40N2.2C6H13.Ni/c1-4-7-10-14-24-16-12-19-26(21-24)29-23-28(18-9-6-3)30(32(29)31)27-20-13-17-25(22-27)15-11-8-5-2;2*1-3-5-6-4-2;/h12-13,16-17,19-23H,4-11,14-15,18H2,1-3H3;2*1,3-6H2,2H3;. The van der Waals surface area contributed by atoms with Gasteiger partial charge in [-0.15, -0.1) is 0 Å². The van der Waals surface area contributed by atoms with Crippen LogP contribution in [-0.2, 0) is 27.3 Å². The number of hydrogen-bond acceptors (Lipinski definition) is 0. The van der Waals surface area contributed by atoms with Gasteiger partial charge in [0.1, 0.15) is 0 Å². The fourth-order valence-electron chi connectivity index (χ4n) is 5.79. The minimum atomic E-state index is 0.903. The van der Waals surface area contributed by atoms with Crippen molar-refractivity contribution in [2.75, 3.05) is 0 Å². The van der Waals surface area contributed by atoms with Gasteiger partial charge in [-0.1, -0.05) is 77.1 Å². The van der Waals surface area contributed by atoms with E-state index in [1.54, 1.807) is 0 Å². The first-order chi connectivity index (χ1) is 22.1. The van der Waals surface area contributed by atoms with Crippen molar-refractivity contribution < 1.29 is 19.1 Å². The van der Waals surface area contributed by atoms with Crippen molar-refractivity contribution in [1.29, 1.82) is 0 Å². The van der Waals surface area contributed by atoms with Crippen LogP contribution in [0.2, 0.25) is 10.8 Å². The first kappa shape index (κ1) is 39.2. The van der Waals surface area contributed by atoms with Crippen molar-refractivity contribution in [2.24, 2.45) is 0 Å². The van der Waals surface area contributed by atoms with E-state index in [4.69, 9.17) is 0 Å². The predicted octanol–water partition coefficient (Wildman–Crippen LogP) is 14.2. The number of allylic oxidation sites excluding steroid dienone is 2. The Kier molecular flexibility index (Phi) is 21.9. The maximum absolute atomic E-state index is 11.3. The topological polar surface area (TPSA) is 25.3 Å². The van der Waals surface area contributed by atoms with Crippen molar-refractivity contribution in [1.82, 2.24) is 0 Å². The van der Waals surface area contributed by atoms with Gasteiger partial charge in [0, 0.05) is 22.8 Å². The molecule has 45 heavy (non-hydrogen) atoms. The molecule has 3 rings (SSSR count). The average molecular weight is 658 g/mol. The summed E-state index contributed by atoms with van der Waals surface area (Å²) in [4.78, 5) is 0. The van der Waals surface area contributed by atoms with E-state index in [9.17, 15) is 5.53 Å². The summed E-state index contributed by atoms with van der Waals surface area (Å²) >= 11 is 1.99. The molecule has 0 bridgehead atoms. The molecule has 0 spiro atoms. The third-order valence-electron chi connectivity index (χ3n) is 8.57. The summed E-state index contributed by atoms with van der Waals surface area (Å²) in [7, 11) is 0. The molecule has 0 radical (unpaired) electrons. The van der Waals surface area contributed by atoms with Crippen LogP contribution in [0.4, 0.5) is 0 Å². The molecule has 1 aliphatic heterocycles. The Bertz CT molecular complexity index is 1130. The van der Waals surface area contributed by atoms with Gasteiger partial charge in [0.05, 0.1) is 0 Å². The maximum Gasteiger partial charge on any atom is 0.210 e. The number of hydrogen-bond donors (Lipinski definition) is 0. The van der Waals surface area contributed by atoms with Crippen LogP contribution in [0.1, 0.15) is 166 Å². The molecular weight excluding hydrogens is 591 g/mol. The van der Waals surface area contributed by atoms with Gasteiger partial charge in [-0.2, -0.15) is 0 Å². The second kappa shape index (κ2) is 25.1. The zero-order valence-electron chi connectivity index (χ0n) is 29.8. The first-order valence-electron chi connectivity index (χ1n) is 18.7. The molecule has 2 nitrogen and oxygen atoms in total. The van der Waals surface area contributed by atoms with E-state index in [0.717, 1.165) is 54.6 Å². The van der Waals surface area contributed by atoms with Crippen molar-refractivity contribution in [2.45, 2.75) is 167 Å². The number of nitrogens with zero attached hydrogens (tertiary/aromatic N) is 2. The SMILES string of the molecule is CCCCC[CH2][Ni][CH2]CCCCC.CCCCCc1cccc(C2=CC(CCCC)=C(c3cccc(CCCCC)c3)[N+]2=[N-])c1. The summed E-state index contributed by atoms with van der Waals surface area (Å²) in [6.45, 7) is 11.3. The van der Waals surface area contributed by atoms with Crippen LogP contribution in [0.3, 0.4) is 0 Å². The Hall–Kier alpha value is -1.99. The van der Waals surface area contributed by atoms with Crippen LogP contribution in [0.15, 0.2) is 60.2 Å². The van der Waals surface area contributed by atoms with Crippen molar-refractivity contribution >= 4 is 11.4 Å². The number of unbranched alkanes of at least 4 members (excludes halogenated alkanes) is 11. The zero-order chi connectivity index (χ0) is 32.5. The van der Waals surface area contributed by atoms with E-state index in [0.29, 0.717) is 0 Å². The summed E-state index contributed by atoms with van der Waals surface area (Å²) in [5.74, 6) is 0. The van der Waals surface area contributed by atoms with Crippen LogP contribution in [0.25, 0.3) is 16.9 Å². The molecule has 1 heterocycles. The maximum atomic E-state index is 11.3.